The van der Waals surface area contributed by atoms with Crippen LogP contribution in [0.1, 0.15) is 30.4 Å². The van der Waals surface area contributed by atoms with E-state index in [9.17, 15) is 18.0 Å². The van der Waals surface area contributed by atoms with Crippen LogP contribution in [0.25, 0.3) is 10.9 Å². The van der Waals surface area contributed by atoms with Gasteiger partial charge in [0.05, 0.1) is 11.6 Å². The summed E-state index contributed by atoms with van der Waals surface area (Å²) in [6, 6.07) is 9.60. The molecule has 1 aliphatic rings. The zero-order valence-electron chi connectivity index (χ0n) is 18.1. The molecule has 182 valence electrons. The quantitative estimate of drug-likeness (QED) is 0.386. The number of alkyl halides is 3. The maximum atomic E-state index is 12.5. The van der Waals surface area contributed by atoms with E-state index >= 15 is 0 Å². The molecule has 4 rings (SSSR count). The molecule has 0 unspecified atom stereocenters. The van der Waals surface area contributed by atoms with Gasteiger partial charge in [-0.1, -0.05) is 29.3 Å². The normalized spacial score (nSPS) is 15.7. The highest BCUT2D eigenvalue weighted by molar-refractivity contribution is 6.36. The van der Waals surface area contributed by atoms with Crippen molar-refractivity contribution in [2.75, 3.05) is 13.1 Å². The zero-order valence-corrected chi connectivity index (χ0v) is 19.6. The van der Waals surface area contributed by atoms with Crippen molar-refractivity contribution in [3.05, 3.63) is 63.8 Å². The molecule has 5 nitrogen and oxygen atoms in total. The first-order chi connectivity index (χ1) is 16.1. The van der Waals surface area contributed by atoms with Gasteiger partial charge in [-0.2, -0.15) is 0 Å². The Morgan fingerprint density at radius 3 is 2.50 bits per heavy atom. The molecule has 2 aromatic carbocycles. The number of halogens is 5. The summed E-state index contributed by atoms with van der Waals surface area (Å²) in [6.45, 7) is 2.59. The maximum absolute atomic E-state index is 12.5. The number of carboxylic acids is 1. The van der Waals surface area contributed by atoms with Gasteiger partial charge in [0.15, 0.2) is 0 Å². The molecule has 0 bridgehead atoms. The van der Waals surface area contributed by atoms with Gasteiger partial charge in [0.25, 0.3) is 0 Å². The number of hydrogen-bond acceptors (Lipinski definition) is 3. The predicted octanol–water partition coefficient (Wildman–Crippen LogP) is 6.58. The molecule has 1 saturated heterocycles. The Labute approximate surface area is 204 Å². The Balaban J connectivity index is 1.49. The lowest BCUT2D eigenvalue weighted by molar-refractivity contribution is -0.274. The third-order valence-electron chi connectivity index (χ3n) is 6.13. The lowest BCUT2D eigenvalue weighted by Crippen LogP contribution is -2.34. The topological polar surface area (TPSA) is 54.7 Å². The molecule has 3 aromatic rings. The van der Waals surface area contributed by atoms with Crippen LogP contribution in [0.5, 0.6) is 5.75 Å². The van der Waals surface area contributed by atoms with Gasteiger partial charge in [-0.05, 0) is 67.7 Å². The molecule has 0 radical (unpaired) electrons. The minimum atomic E-state index is -4.75. The fourth-order valence-electron chi connectivity index (χ4n) is 4.43. The molecular formula is C24H23Cl2F3N2O3. The maximum Gasteiger partial charge on any atom is 0.573 e. The number of nitrogens with zero attached hydrogens (tertiary/aromatic N) is 2. The van der Waals surface area contributed by atoms with E-state index in [1.807, 2.05) is 10.6 Å². The van der Waals surface area contributed by atoms with E-state index in [1.165, 1.54) is 12.1 Å². The van der Waals surface area contributed by atoms with Gasteiger partial charge < -0.3 is 14.4 Å². The standard InChI is InChI=1S/C24H23Cl2F3N2O3/c25-20-3-1-17(13-30-8-5-15(6-9-30)11-22(32)33)23(26)19(20)14-31-10-7-16-12-18(2-4-21(16)31)34-24(27,28)29/h1-4,7,10,12,15H,5-6,8-9,11,13-14H2,(H,32,33). The molecule has 34 heavy (non-hydrogen) atoms. The van der Waals surface area contributed by atoms with Gasteiger partial charge >= 0.3 is 12.3 Å². The van der Waals surface area contributed by atoms with Crippen molar-refractivity contribution in [2.24, 2.45) is 5.92 Å². The molecule has 1 aromatic heterocycles. The Kier molecular flexibility index (Phi) is 7.31. The molecule has 1 fully saturated rings. The molecule has 1 aliphatic heterocycles. The Morgan fingerprint density at radius 2 is 1.82 bits per heavy atom. The highest BCUT2D eigenvalue weighted by atomic mass is 35.5. The molecular weight excluding hydrogens is 492 g/mol. The van der Waals surface area contributed by atoms with Crippen LogP contribution in [0, 0.1) is 5.92 Å². The van der Waals surface area contributed by atoms with Gasteiger partial charge in [-0.3, -0.25) is 9.69 Å². The Hall–Kier alpha value is -2.42. The zero-order chi connectivity index (χ0) is 24.5. The summed E-state index contributed by atoms with van der Waals surface area (Å²) >= 11 is 13.2. The fourth-order valence-corrected chi connectivity index (χ4v) is 4.98. The molecule has 2 heterocycles. The van der Waals surface area contributed by atoms with E-state index in [0.29, 0.717) is 28.5 Å². The van der Waals surface area contributed by atoms with Crippen LogP contribution >= 0.6 is 23.2 Å². The monoisotopic (exact) mass is 514 g/mol. The first kappa shape index (κ1) is 24.7. The van der Waals surface area contributed by atoms with E-state index in [-0.39, 0.29) is 18.1 Å². The van der Waals surface area contributed by atoms with Gasteiger partial charge in [0.2, 0.25) is 0 Å². The van der Waals surface area contributed by atoms with Crippen molar-refractivity contribution in [2.45, 2.75) is 38.7 Å². The van der Waals surface area contributed by atoms with Gasteiger partial charge in [-0.25, -0.2) is 0 Å². The van der Waals surface area contributed by atoms with Crippen LogP contribution in [-0.4, -0.2) is 40.0 Å². The van der Waals surface area contributed by atoms with Crippen molar-refractivity contribution < 1.29 is 27.8 Å². The Bertz CT molecular complexity index is 1190. The summed E-state index contributed by atoms with van der Waals surface area (Å²) in [7, 11) is 0. The number of fused-ring (bicyclic) bond motifs is 1. The van der Waals surface area contributed by atoms with Crippen LogP contribution in [0.4, 0.5) is 13.2 Å². The number of aromatic nitrogens is 1. The summed E-state index contributed by atoms with van der Waals surface area (Å²) < 4.78 is 43.4. The van der Waals surface area contributed by atoms with Crippen LogP contribution in [-0.2, 0) is 17.9 Å². The van der Waals surface area contributed by atoms with Gasteiger partial charge in [-0.15, -0.1) is 13.2 Å². The number of rotatable bonds is 7. The van der Waals surface area contributed by atoms with Crippen molar-refractivity contribution in [1.82, 2.24) is 9.47 Å². The third kappa shape index (κ3) is 5.98. The molecule has 0 saturated carbocycles. The fraction of sp³-hybridized carbons (Fsp3) is 0.375. The molecule has 10 heteroatoms. The number of ether oxygens (including phenoxy) is 1. The van der Waals surface area contributed by atoms with Crippen molar-refractivity contribution in [3.63, 3.8) is 0 Å². The first-order valence-electron chi connectivity index (χ1n) is 10.8. The lowest BCUT2D eigenvalue weighted by Gasteiger charge is -2.31. The van der Waals surface area contributed by atoms with Crippen molar-refractivity contribution in [3.8, 4) is 5.75 Å². The van der Waals surface area contributed by atoms with E-state index in [1.54, 1.807) is 24.4 Å². The Morgan fingerprint density at radius 1 is 1.09 bits per heavy atom. The van der Waals surface area contributed by atoms with Crippen LogP contribution in [0.2, 0.25) is 10.0 Å². The van der Waals surface area contributed by atoms with E-state index in [2.05, 4.69) is 9.64 Å². The number of piperidine rings is 1. The molecule has 0 spiro atoms. The summed E-state index contributed by atoms with van der Waals surface area (Å²) in [5.41, 5.74) is 2.39. The second kappa shape index (κ2) is 10.1. The average molecular weight is 515 g/mol. The summed E-state index contributed by atoms with van der Waals surface area (Å²) in [5.74, 6) is -0.831. The molecule has 0 aliphatic carbocycles. The number of likely N-dealkylation sites (tertiary alicyclic amines) is 1. The highest BCUT2D eigenvalue weighted by Gasteiger charge is 2.31. The second-order valence-electron chi connectivity index (χ2n) is 8.53. The predicted molar refractivity (Wildman–Crippen MR) is 124 cm³/mol. The molecule has 1 N–H and O–H groups in total. The van der Waals surface area contributed by atoms with E-state index in [4.69, 9.17) is 28.3 Å². The third-order valence-corrected chi connectivity index (χ3v) is 6.96. The number of carbonyl (C=O) groups is 1. The first-order valence-corrected chi connectivity index (χ1v) is 11.6. The molecule has 0 amide bonds. The number of aliphatic carboxylic acids is 1. The minimum absolute atomic E-state index is 0.203. The van der Waals surface area contributed by atoms with Crippen molar-refractivity contribution >= 4 is 40.1 Å². The molecule has 0 atom stereocenters. The largest absolute Gasteiger partial charge is 0.573 e. The smallest absolute Gasteiger partial charge is 0.481 e. The lowest BCUT2D eigenvalue weighted by atomic mass is 9.93. The van der Waals surface area contributed by atoms with Crippen LogP contribution < -0.4 is 4.74 Å². The van der Waals surface area contributed by atoms with E-state index < -0.39 is 12.3 Å². The summed E-state index contributed by atoms with van der Waals surface area (Å²) in [6.07, 6.45) is -1.11. The minimum Gasteiger partial charge on any atom is -0.481 e. The number of hydrogen-bond donors (Lipinski definition) is 1. The van der Waals surface area contributed by atoms with Gasteiger partial charge in [0, 0.05) is 40.7 Å². The van der Waals surface area contributed by atoms with E-state index in [0.717, 1.165) is 42.6 Å². The summed E-state index contributed by atoms with van der Waals surface area (Å²) in [5, 5.41) is 10.7. The van der Waals surface area contributed by atoms with Crippen LogP contribution in [0.3, 0.4) is 0 Å². The number of benzene rings is 2. The van der Waals surface area contributed by atoms with Crippen molar-refractivity contribution in [1.29, 1.82) is 0 Å². The van der Waals surface area contributed by atoms with Crippen LogP contribution in [0.15, 0.2) is 42.6 Å². The average Bonchev–Trinajstić information content (AvgIpc) is 3.15. The van der Waals surface area contributed by atoms with Gasteiger partial charge in [0.1, 0.15) is 5.75 Å². The number of carboxylic acid groups (broad SMARTS) is 1. The highest BCUT2D eigenvalue weighted by Crippen LogP contribution is 2.33. The second-order valence-corrected chi connectivity index (χ2v) is 9.31. The SMILES string of the molecule is O=C(O)CC1CCN(Cc2ccc(Cl)c(Cn3ccc4cc(OC(F)(F)F)ccc43)c2Cl)CC1. The summed E-state index contributed by atoms with van der Waals surface area (Å²) in [4.78, 5) is 13.2.